The fourth-order valence-corrected chi connectivity index (χ4v) is 3.98. The molecule has 1 aromatic rings. The van der Waals surface area contributed by atoms with Crippen LogP contribution in [0.4, 0.5) is 0 Å². The van der Waals surface area contributed by atoms with E-state index in [1.54, 1.807) is 6.07 Å². The maximum Gasteiger partial charge on any atom is 0.253 e. The van der Waals surface area contributed by atoms with Gasteiger partial charge in [0.1, 0.15) is 4.34 Å². The van der Waals surface area contributed by atoms with Gasteiger partial charge in [-0.2, -0.15) is 0 Å². The van der Waals surface area contributed by atoms with Crippen LogP contribution >= 0.6 is 46.9 Å². The highest BCUT2D eigenvalue weighted by molar-refractivity contribution is 7.20. The van der Waals surface area contributed by atoms with E-state index < -0.39 is 0 Å². The Kier molecular flexibility index (Phi) is 8.98. The summed E-state index contributed by atoms with van der Waals surface area (Å²) < 4.78 is 0.987. The molecule has 3 nitrogen and oxygen atoms in total. The van der Waals surface area contributed by atoms with Crippen LogP contribution in [0.5, 0.6) is 0 Å². The van der Waals surface area contributed by atoms with E-state index in [1.807, 2.05) is 0 Å². The van der Waals surface area contributed by atoms with Gasteiger partial charge < -0.3 is 10.6 Å². The molecule has 1 aromatic heterocycles. The molecule has 0 aromatic carbocycles. The minimum Gasteiger partial charge on any atom is -0.351 e. The monoisotopic (exact) mass is 370 g/mol. The van der Waals surface area contributed by atoms with Gasteiger partial charge in [0.2, 0.25) is 0 Å². The quantitative estimate of drug-likeness (QED) is 0.590. The van der Waals surface area contributed by atoms with Crippen molar-refractivity contribution in [1.82, 2.24) is 10.6 Å². The highest BCUT2D eigenvalue weighted by atomic mass is 35.5. The van der Waals surface area contributed by atoms with Gasteiger partial charge in [-0.1, -0.05) is 48.9 Å². The van der Waals surface area contributed by atoms with Crippen LogP contribution in [0.2, 0.25) is 8.67 Å². The van der Waals surface area contributed by atoms with Crippen molar-refractivity contribution in [3.05, 3.63) is 20.3 Å². The molecule has 1 aliphatic rings. The second kappa shape index (κ2) is 9.90. The Morgan fingerprint density at radius 3 is 2.43 bits per heavy atom. The van der Waals surface area contributed by atoms with E-state index in [4.69, 9.17) is 23.2 Å². The minimum absolute atomic E-state index is 0. The molecule has 0 unspecified atom stereocenters. The maximum atomic E-state index is 11.9. The first-order valence-corrected chi connectivity index (χ1v) is 8.70. The first-order valence-electron chi connectivity index (χ1n) is 7.13. The lowest BCUT2D eigenvalue weighted by Gasteiger charge is -2.16. The number of carbonyl (C=O) groups is 1. The average Bonchev–Trinajstić information content (AvgIpc) is 2.64. The Bertz CT molecular complexity index is 445. The van der Waals surface area contributed by atoms with Crippen molar-refractivity contribution in [2.75, 3.05) is 13.1 Å². The van der Waals surface area contributed by atoms with Gasteiger partial charge in [0.25, 0.3) is 5.91 Å². The molecule has 120 valence electrons. The summed E-state index contributed by atoms with van der Waals surface area (Å²) in [5.74, 6) is -0.152. The molecule has 0 saturated heterocycles. The van der Waals surface area contributed by atoms with Crippen LogP contribution in [0.3, 0.4) is 0 Å². The highest BCUT2D eigenvalue weighted by Crippen LogP contribution is 2.30. The van der Waals surface area contributed by atoms with Crippen molar-refractivity contribution in [3.63, 3.8) is 0 Å². The zero-order valence-electron chi connectivity index (χ0n) is 11.8. The van der Waals surface area contributed by atoms with E-state index in [-0.39, 0.29) is 18.3 Å². The molecule has 1 heterocycles. The van der Waals surface area contributed by atoms with Gasteiger partial charge in [-0.3, -0.25) is 4.79 Å². The van der Waals surface area contributed by atoms with Crippen LogP contribution in [0, 0.1) is 0 Å². The standard InChI is InChI=1S/C14H20Cl2N2OS.ClH/c15-12-9-11(13(16)20-12)14(19)18-8-7-17-10-5-3-1-2-4-6-10;/h9-10,17H,1-8H2,(H,18,19);1H. The van der Waals surface area contributed by atoms with Gasteiger partial charge in [-0.15, -0.1) is 23.7 Å². The van der Waals surface area contributed by atoms with Gasteiger partial charge in [-0.05, 0) is 18.9 Å². The van der Waals surface area contributed by atoms with Gasteiger partial charge in [0, 0.05) is 19.1 Å². The topological polar surface area (TPSA) is 41.1 Å². The molecule has 2 N–H and O–H groups in total. The highest BCUT2D eigenvalue weighted by Gasteiger charge is 2.14. The Hall–Kier alpha value is -0.0000000000000000555. The Balaban J connectivity index is 0.00000220. The summed E-state index contributed by atoms with van der Waals surface area (Å²) in [6.45, 7) is 1.41. The van der Waals surface area contributed by atoms with E-state index in [0.29, 0.717) is 26.8 Å². The van der Waals surface area contributed by atoms with Gasteiger partial charge in [0.15, 0.2) is 0 Å². The fraction of sp³-hybridized carbons (Fsp3) is 0.643. The third-order valence-electron chi connectivity index (χ3n) is 3.60. The second-order valence-electron chi connectivity index (χ2n) is 5.14. The third kappa shape index (κ3) is 6.33. The lowest BCUT2D eigenvalue weighted by atomic mass is 10.1. The number of carbonyl (C=O) groups excluding carboxylic acids is 1. The van der Waals surface area contributed by atoms with Crippen LogP contribution in [0.25, 0.3) is 0 Å². The molecule has 21 heavy (non-hydrogen) atoms. The van der Waals surface area contributed by atoms with E-state index >= 15 is 0 Å². The van der Waals surface area contributed by atoms with Gasteiger partial charge in [0.05, 0.1) is 9.90 Å². The minimum atomic E-state index is -0.152. The van der Waals surface area contributed by atoms with E-state index in [1.165, 1.54) is 49.9 Å². The zero-order chi connectivity index (χ0) is 14.4. The number of amides is 1. The fourth-order valence-electron chi connectivity index (χ4n) is 2.53. The maximum absolute atomic E-state index is 11.9. The number of rotatable bonds is 5. The molecule has 1 fully saturated rings. The van der Waals surface area contributed by atoms with Crippen molar-refractivity contribution in [1.29, 1.82) is 0 Å². The van der Waals surface area contributed by atoms with Crippen LogP contribution in [0.15, 0.2) is 6.07 Å². The SMILES string of the molecule is Cl.O=C(NCCNC1CCCCCC1)c1cc(Cl)sc1Cl. The molecule has 0 spiro atoms. The molecule has 0 aliphatic heterocycles. The first-order chi connectivity index (χ1) is 9.66. The van der Waals surface area contributed by atoms with Crippen molar-refractivity contribution in [2.24, 2.45) is 0 Å². The number of hydrogen-bond donors (Lipinski definition) is 2. The van der Waals surface area contributed by atoms with Crippen molar-refractivity contribution < 1.29 is 4.79 Å². The summed E-state index contributed by atoms with van der Waals surface area (Å²) in [6, 6.07) is 2.22. The largest absolute Gasteiger partial charge is 0.351 e. The van der Waals surface area contributed by atoms with Crippen LogP contribution in [0.1, 0.15) is 48.9 Å². The average molecular weight is 372 g/mol. The lowest BCUT2D eigenvalue weighted by molar-refractivity contribution is 0.0954. The number of hydrogen-bond acceptors (Lipinski definition) is 3. The molecule has 0 atom stereocenters. The van der Waals surface area contributed by atoms with Gasteiger partial charge in [-0.25, -0.2) is 0 Å². The van der Waals surface area contributed by atoms with Crippen molar-refractivity contribution >= 4 is 52.9 Å². The smallest absolute Gasteiger partial charge is 0.253 e. The van der Waals surface area contributed by atoms with E-state index in [0.717, 1.165) is 6.54 Å². The molecule has 2 rings (SSSR count). The number of thiophene rings is 1. The van der Waals surface area contributed by atoms with Crippen LogP contribution in [-0.4, -0.2) is 25.0 Å². The summed E-state index contributed by atoms with van der Waals surface area (Å²) in [6.07, 6.45) is 7.83. The van der Waals surface area contributed by atoms with Crippen molar-refractivity contribution in [3.8, 4) is 0 Å². The summed E-state index contributed by atoms with van der Waals surface area (Å²) in [5.41, 5.74) is 0.469. The molecular weight excluding hydrogens is 351 g/mol. The Morgan fingerprint density at radius 2 is 1.86 bits per heavy atom. The molecule has 7 heteroatoms. The number of halogens is 3. The summed E-state index contributed by atoms with van der Waals surface area (Å²) in [5, 5.41) is 6.39. The predicted molar refractivity (Wildman–Crippen MR) is 93.4 cm³/mol. The lowest BCUT2D eigenvalue weighted by Crippen LogP contribution is -2.36. The summed E-state index contributed by atoms with van der Waals surface area (Å²) >= 11 is 13.0. The molecule has 0 bridgehead atoms. The number of nitrogens with one attached hydrogen (secondary N) is 2. The Labute approximate surface area is 146 Å². The van der Waals surface area contributed by atoms with E-state index in [2.05, 4.69) is 10.6 Å². The van der Waals surface area contributed by atoms with Crippen molar-refractivity contribution in [2.45, 2.75) is 44.6 Å². The molecule has 1 saturated carbocycles. The molecule has 1 aliphatic carbocycles. The van der Waals surface area contributed by atoms with Gasteiger partial charge >= 0.3 is 0 Å². The van der Waals surface area contributed by atoms with Crippen LogP contribution < -0.4 is 10.6 Å². The Morgan fingerprint density at radius 1 is 1.19 bits per heavy atom. The summed E-state index contributed by atoms with van der Waals surface area (Å²) in [4.78, 5) is 11.9. The zero-order valence-corrected chi connectivity index (χ0v) is 14.9. The molecular formula is C14H21Cl3N2OS. The van der Waals surface area contributed by atoms with E-state index in [9.17, 15) is 4.79 Å². The molecule has 1 amide bonds. The third-order valence-corrected chi connectivity index (χ3v) is 5.09. The predicted octanol–water partition coefficient (Wildman–Crippen LogP) is 4.52. The second-order valence-corrected chi connectivity index (χ2v) is 7.42. The first kappa shape index (κ1) is 19.0. The molecule has 0 radical (unpaired) electrons. The normalized spacial score (nSPS) is 16.1. The summed E-state index contributed by atoms with van der Waals surface area (Å²) in [7, 11) is 0. The van der Waals surface area contributed by atoms with Crippen LogP contribution in [-0.2, 0) is 0 Å².